The van der Waals surface area contributed by atoms with Crippen molar-refractivity contribution in [1.29, 1.82) is 0 Å². The van der Waals surface area contributed by atoms with E-state index >= 15 is 0 Å². The summed E-state index contributed by atoms with van der Waals surface area (Å²) in [4.78, 5) is 25.6. The molecule has 0 saturated heterocycles. The average Bonchev–Trinajstić information content (AvgIpc) is 2.17. The van der Waals surface area contributed by atoms with Gasteiger partial charge in [0.15, 0.2) is 0 Å². The summed E-state index contributed by atoms with van der Waals surface area (Å²) < 4.78 is 0. The number of carbonyl (C=O) groups excluding carboxylic acids is 1. The van der Waals surface area contributed by atoms with Crippen LogP contribution in [-0.4, -0.2) is 29.2 Å². The van der Waals surface area contributed by atoms with Crippen molar-refractivity contribution >= 4 is 17.6 Å². The second-order valence-corrected chi connectivity index (χ2v) is 3.76. The number of nitrogens with two attached hydrogens (primary N) is 1. The van der Waals surface area contributed by atoms with E-state index in [0.717, 1.165) is 12.8 Å². The number of primary amides is 1. The SMILES string of the molecule is CCC[C@@H](CN=C(CC)C(N)=O)CC(=O)O. The Morgan fingerprint density at radius 3 is 2.38 bits per heavy atom. The molecule has 5 heteroatoms. The number of rotatable bonds is 8. The molecule has 16 heavy (non-hydrogen) atoms. The molecule has 0 radical (unpaired) electrons. The van der Waals surface area contributed by atoms with E-state index in [1.807, 2.05) is 6.92 Å². The molecule has 0 aromatic carbocycles. The molecule has 0 unspecified atom stereocenters. The Bertz CT molecular complexity index is 274. The minimum atomic E-state index is -0.828. The van der Waals surface area contributed by atoms with Crippen LogP contribution in [0.25, 0.3) is 0 Å². The Labute approximate surface area is 95.7 Å². The van der Waals surface area contributed by atoms with Crippen molar-refractivity contribution in [3.63, 3.8) is 0 Å². The number of carboxylic acids is 1. The fourth-order valence-corrected chi connectivity index (χ4v) is 1.52. The van der Waals surface area contributed by atoms with Crippen molar-refractivity contribution in [3.05, 3.63) is 0 Å². The van der Waals surface area contributed by atoms with Gasteiger partial charge in [-0.2, -0.15) is 0 Å². The molecule has 0 bridgehead atoms. The van der Waals surface area contributed by atoms with Gasteiger partial charge in [-0.25, -0.2) is 0 Å². The van der Waals surface area contributed by atoms with Crippen molar-refractivity contribution in [3.8, 4) is 0 Å². The summed E-state index contributed by atoms with van der Waals surface area (Å²) in [5, 5.41) is 8.70. The van der Waals surface area contributed by atoms with Gasteiger partial charge in [-0.15, -0.1) is 0 Å². The van der Waals surface area contributed by atoms with E-state index in [-0.39, 0.29) is 12.3 Å². The fraction of sp³-hybridized carbons (Fsp3) is 0.727. The van der Waals surface area contributed by atoms with Gasteiger partial charge in [0.25, 0.3) is 5.91 Å². The Morgan fingerprint density at radius 1 is 1.38 bits per heavy atom. The predicted octanol–water partition coefficient (Wildman–Crippen LogP) is 1.21. The first-order chi connectivity index (χ1) is 7.51. The molecule has 0 aliphatic heterocycles. The van der Waals surface area contributed by atoms with E-state index in [4.69, 9.17) is 10.8 Å². The van der Waals surface area contributed by atoms with Crippen LogP contribution >= 0.6 is 0 Å². The molecule has 0 saturated carbocycles. The molecule has 5 nitrogen and oxygen atoms in total. The number of aliphatic carboxylic acids is 1. The Hall–Kier alpha value is -1.39. The maximum Gasteiger partial charge on any atom is 0.303 e. The zero-order chi connectivity index (χ0) is 12.6. The van der Waals surface area contributed by atoms with E-state index in [2.05, 4.69) is 4.99 Å². The van der Waals surface area contributed by atoms with E-state index in [1.54, 1.807) is 6.92 Å². The number of amides is 1. The summed E-state index contributed by atoms with van der Waals surface area (Å²) in [6.45, 7) is 4.16. The smallest absolute Gasteiger partial charge is 0.303 e. The van der Waals surface area contributed by atoms with Crippen LogP contribution < -0.4 is 5.73 Å². The van der Waals surface area contributed by atoms with Crippen LogP contribution in [-0.2, 0) is 9.59 Å². The van der Waals surface area contributed by atoms with Crippen molar-refractivity contribution in [2.24, 2.45) is 16.6 Å². The summed E-state index contributed by atoms with van der Waals surface area (Å²) in [7, 11) is 0. The lowest BCUT2D eigenvalue weighted by atomic mass is 10.00. The maximum absolute atomic E-state index is 10.9. The summed E-state index contributed by atoms with van der Waals surface area (Å²) in [5.41, 5.74) is 5.46. The molecule has 1 amide bonds. The molecule has 0 aromatic heterocycles. The van der Waals surface area contributed by atoms with Crippen LogP contribution in [0, 0.1) is 5.92 Å². The summed E-state index contributed by atoms with van der Waals surface area (Å²) in [6.07, 6.45) is 2.28. The van der Waals surface area contributed by atoms with Gasteiger partial charge < -0.3 is 10.8 Å². The fourth-order valence-electron chi connectivity index (χ4n) is 1.52. The number of carbonyl (C=O) groups is 2. The van der Waals surface area contributed by atoms with Crippen LogP contribution in [0.15, 0.2) is 4.99 Å². The van der Waals surface area contributed by atoms with Gasteiger partial charge in [-0.3, -0.25) is 14.6 Å². The highest BCUT2D eigenvalue weighted by Crippen LogP contribution is 2.12. The van der Waals surface area contributed by atoms with Crippen molar-refractivity contribution in [2.75, 3.05) is 6.54 Å². The molecule has 0 fully saturated rings. The van der Waals surface area contributed by atoms with Gasteiger partial charge in [0.1, 0.15) is 0 Å². The zero-order valence-electron chi connectivity index (χ0n) is 9.90. The molecule has 3 N–H and O–H groups in total. The molecular weight excluding hydrogens is 208 g/mol. The molecule has 0 aliphatic carbocycles. The Balaban J connectivity index is 4.37. The van der Waals surface area contributed by atoms with Crippen LogP contribution in [0.2, 0.25) is 0 Å². The standard InChI is InChI=1S/C11H20N2O3/c1-3-5-8(6-10(14)15)7-13-9(4-2)11(12)16/h8H,3-7H2,1-2H3,(H2,12,16)(H,14,15)/t8-/m1/s1. The Kier molecular flexibility index (Phi) is 7.16. The first-order valence-electron chi connectivity index (χ1n) is 5.56. The van der Waals surface area contributed by atoms with Crippen molar-refractivity contribution in [1.82, 2.24) is 0 Å². The minimum Gasteiger partial charge on any atom is -0.481 e. The second-order valence-electron chi connectivity index (χ2n) is 3.76. The molecule has 0 spiro atoms. The average molecular weight is 228 g/mol. The van der Waals surface area contributed by atoms with Crippen LogP contribution in [0.5, 0.6) is 0 Å². The number of carboxylic acid groups (broad SMARTS) is 1. The predicted molar refractivity (Wildman–Crippen MR) is 62.4 cm³/mol. The molecule has 0 aliphatic rings. The number of nitrogens with zero attached hydrogens (tertiary/aromatic N) is 1. The lowest BCUT2D eigenvalue weighted by Crippen LogP contribution is -2.24. The summed E-state index contributed by atoms with van der Waals surface area (Å²) >= 11 is 0. The highest BCUT2D eigenvalue weighted by atomic mass is 16.4. The number of aliphatic imine (C=N–C) groups is 1. The van der Waals surface area contributed by atoms with Gasteiger partial charge in [-0.1, -0.05) is 20.3 Å². The van der Waals surface area contributed by atoms with Crippen molar-refractivity contribution < 1.29 is 14.7 Å². The van der Waals surface area contributed by atoms with E-state index in [0.29, 0.717) is 18.7 Å². The van der Waals surface area contributed by atoms with E-state index in [1.165, 1.54) is 0 Å². The van der Waals surface area contributed by atoms with Gasteiger partial charge in [0, 0.05) is 13.0 Å². The maximum atomic E-state index is 10.9. The third-order valence-corrected chi connectivity index (χ3v) is 2.32. The second kappa shape index (κ2) is 7.84. The first kappa shape index (κ1) is 14.6. The lowest BCUT2D eigenvalue weighted by Gasteiger charge is -2.11. The van der Waals surface area contributed by atoms with Crippen molar-refractivity contribution in [2.45, 2.75) is 39.5 Å². The highest BCUT2D eigenvalue weighted by molar-refractivity contribution is 6.38. The third kappa shape index (κ3) is 6.16. The molecular formula is C11H20N2O3. The van der Waals surface area contributed by atoms with Crippen LogP contribution in [0.3, 0.4) is 0 Å². The van der Waals surface area contributed by atoms with Gasteiger partial charge in [0.2, 0.25) is 0 Å². The molecule has 92 valence electrons. The molecule has 0 aromatic rings. The quantitative estimate of drug-likeness (QED) is 0.611. The lowest BCUT2D eigenvalue weighted by molar-refractivity contribution is -0.138. The first-order valence-corrected chi connectivity index (χ1v) is 5.56. The topological polar surface area (TPSA) is 92.8 Å². The molecule has 0 rings (SSSR count). The largest absolute Gasteiger partial charge is 0.481 e. The van der Waals surface area contributed by atoms with E-state index < -0.39 is 11.9 Å². The summed E-state index contributed by atoms with van der Waals surface area (Å²) in [6, 6.07) is 0. The van der Waals surface area contributed by atoms with Gasteiger partial charge >= 0.3 is 5.97 Å². The van der Waals surface area contributed by atoms with Crippen LogP contribution in [0.1, 0.15) is 39.5 Å². The Morgan fingerprint density at radius 2 is 2.00 bits per heavy atom. The summed E-state index contributed by atoms with van der Waals surface area (Å²) in [5.74, 6) is -1.36. The monoisotopic (exact) mass is 228 g/mol. The minimum absolute atomic E-state index is 0.0107. The molecule has 0 heterocycles. The molecule has 1 atom stereocenters. The van der Waals surface area contributed by atoms with Crippen LogP contribution in [0.4, 0.5) is 0 Å². The van der Waals surface area contributed by atoms with Gasteiger partial charge in [-0.05, 0) is 18.8 Å². The van der Waals surface area contributed by atoms with Gasteiger partial charge in [0.05, 0.1) is 5.71 Å². The number of hydrogen-bond donors (Lipinski definition) is 2. The normalized spacial score (nSPS) is 13.5. The zero-order valence-corrected chi connectivity index (χ0v) is 9.90. The number of hydrogen-bond acceptors (Lipinski definition) is 3. The highest BCUT2D eigenvalue weighted by Gasteiger charge is 2.13. The van der Waals surface area contributed by atoms with E-state index in [9.17, 15) is 9.59 Å². The third-order valence-electron chi connectivity index (χ3n) is 2.32.